The highest BCUT2D eigenvalue weighted by Crippen LogP contribution is 2.21. The van der Waals surface area contributed by atoms with E-state index in [1.54, 1.807) is 0 Å². The van der Waals surface area contributed by atoms with Crippen LogP contribution in [0.15, 0.2) is 60.7 Å². The summed E-state index contributed by atoms with van der Waals surface area (Å²) in [6.07, 6.45) is 3.42. The highest BCUT2D eigenvalue weighted by molar-refractivity contribution is 5.99. The van der Waals surface area contributed by atoms with E-state index in [0.717, 1.165) is 61.0 Å². The van der Waals surface area contributed by atoms with Crippen molar-refractivity contribution in [2.75, 3.05) is 48.8 Å². The molecule has 172 valence electrons. The largest absolute Gasteiger partial charge is 0.353 e. The molecule has 1 aliphatic rings. The number of piperazine rings is 1. The van der Waals surface area contributed by atoms with Gasteiger partial charge in [-0.2, -0.15) is 0 Å². The van der Waals surface area contributed by atoms with Gasteiger partial charge in [-0.25, -0.2) is 4.79 Å². The molecule has 33 heavy (non-hydrogen) atoms. The summed E-state index contributed by atoms with van der Waals surface area (Å²) < 4.78 is 0. The number of carbonyl (C=O) groups is 1. The quantitative estimate of drug-likeness (QED) is 0.543. The molecule has 7 nitrogen and oxygen atoms in total. The van der Waals surface area contributed by atoms with Crippen molar-refractivity contribution in [2.24, 2.45) is 0 Å². The summed E-state index contributed by atoms with van der Waals surface area (Å²) in [4.78, 5) is 16.9. The number of aromatic nitrogens is 2. The molecule has 0 atom stereocenters. The topological polar surface area (TPSA) is 73.4 Å². The number of likely N-dealkylation sites (N-methyl/N-ethyl adjacent to an activating group) is 1. The van der Waals surface area contributed by atoms with Crippen molar-refractivity contribution in [1.82, 2.24) is 15.1 Å². The number of carbonyl (C=O) groups excluding carboxylic acids is 1. The van der Waals surface area contributed by atoms with Gasteiger partial charge in [0, 0.05) is 43.1 Å². The number of nitrogens with zero attached hydrogens (tertiary/aromatic N) is 4. The fraction of sp³-hybridized carbons (Fsp3) is 0.346. The lowest BCUT2D eigenvalue weighted by atomic mass is 10.1. The Hall–Kier alpha value is -3.45. The highest BCUT2D eigenvalue weighted by atomic mass is 16.2. The Labute approximate surface area is 195 Å². The third-order valence-corrected chi connectivity index (χ3v) is 5.95. The van der Waals surface area contributed by atoms with E-state index in [0.29, 0.717) is 0 Å². The summed E-state index contributed by atoms with van der Waals surface area (Å²) >= 11 is 0. The van der Waals surface area contributed by atoms with Gasteiger partial charge in [0.1, 0.15) is 0 Å². The number of rotatable bonds is 7. The predicted molar refractivity (Wildman–Crippen MR) is 135 cm³/mol. The summed E-state index contributed by atoms with van der Waals surface area (Å²) in [5, 5.41) is 14.6. The van der Waals surface area contributed by atoms with Crippen molar-refractivity contribution in [2.45, 2.75) is 26.2 Å². The van der Waals surface area contributed by atoms with E-state index >= 15 is 0 Å². The normalized spacial score (nSPS) is 14.2. The fourth-order valence-corrected chi connectivity index (χ4v) is 3.84. The van der Waals surface area contributed by atoms with Gasteiger partial charge in [0.15, 0.2) is 5.82 Å². The Morgan fingerprint density at radius 1 is 0.848 bits per heavy atom. The number of nitrogens with one attached hydrogen (secondary N) is 2. The Morgan fingerprint density at radius 2 is 1.48 bits per heavy atom. The fourth-order valence-electron chi connectivity index (χ4n) is 3.84. The van der Waals surface area contributed by atoms with E-state index in [-0.39, 0.29) is 6.03 Å². The van der Waals surface area contributed by atoms with Gasteiger partial charge in [-0.3, -0.25) is 0 Å². The second-order valence-electron chi connectivity index (χ2n) is 8.52. The number of unbranched alkanes of at least 4 members (excludes halogenated alkanes) is 1. The van der Waals surface area contributed by atoms with Crippen LogP contribution < -0.4 is 15.5 Å². The standard InChI is InChI=1S/C26H32N6O/c1-3-4-5-20-6-10-22(11-7-20)27-26(33)28-23-12-8-21(9-13-23)24-14-15-25(30-29-24)32-18-16-31(2)17-19-32/h6-15H,3-5,16-19H2,1-2H3,(H2,27,28,33). The number of hydrogen-bond donors (Lipinski definition) is 2. The number of hydrogen-bond acceptors (Lipinski definition) is 5. The zero-order chi connectivity index (χ0) is 23.0. The second kappa shape index (κ2) is 10.9. The first-order valence-corrected chi connectivity index (χ1v) is 11.7. The molecule has 0 unspecified atom stereocenters. The van der Waals surface area contributed by atoms with E-state index in [4.69, 9.17) is 0 Å². The van der Waals surface area contributed by atoms with Crippen LogP contribution in [0.25, 0.3) is 11.3 Å². The van der Waals surface area contributed by atoms with Crippen molar-refractivity contribution in [3.8, 4) is 11.3 Å². The first-order valence-electron chi connectivity index (χ1n) is 11.7. The molecule has 2 heterocycles. The summed E-state index contributed by atoms with van der Waals surface area (Å²) in [6.45, 7) is 6.20. The van der Waals surface area contributed by atoms with Gasteiger partial charge in [0.05, 0.1) is 5.69 Å². The van der Waals surface area contributed by atoms with Gasteiger partial charge in [-0.15, -0.1) is 10.2 Å². The molecule has 1 fully saturated rings. The third-order valence-electron chi connectivity index (χ3n) is 5.95. The molecule has 2 N–H and O–H groups in total. The average Bonchev–Trinajstić information content (AvgIpc) is 2.85. The van der Waals surface area contributed by atoms with Crippen molar-refractivity contribution < 1.29 is 4.79 Å². The molecule has 0 radical (unpaired) electrons. The molecule has 2 amide bonds. The maximum atomic E-state index is 12.3. The molecule has 4 rings (SSSR count). The molecule has 7 heteroatoms. The van der Waals surface area contributed by atoms with E-state index < -0.39 is 0 Å². The van der Waals surface area contributed by atoms with Crippen LogP contribution in [0.5, 0.6) is 0 Å². The summed E-state index contributed by atoms with van der Waals surface area (Å²) in [5.41, 5.74) is 4.56. The summed E-state index contributed by atoms with van der Waals surface area (Å²) in [5.74, 6) is 0.917. The number of benzene rings is 2. The lowest BCUT2D eigenvalue weighted by Crippen LogP contribution is -2.44. The molecule has 3 aromatic rings. The van der Waals surface area contributed by atoms with Crippen molar-refractivity contribution >= 4 is 23.2 Å². The number of urea groups is 1. The number of aryl methyl sites for hydroxylation is 1. The second-order valence-corrected chi connectivity index (χ2v) is 8.52. The monoisotopic (exact) mass is 444 g/mol. The summed E-state index contributed by atoms with van der Waals surface area (Å²) in [7, 11) is 2.14. The van der Waals surface area contributed by atoms with Crippen LogP contribution in [0.4, 0.5) is 22.0 Å². The summed E-state index contributed by atoms with van der Waals surface area (Å²) in [6, 6.07) is 19.4. The smallest absolute Gasteiger partial charge is 0.323 e. The van der Waals surface area contributed by atoms with Crippen LogP contribution in [-0.4, -0.2) is 54.4 Å². The van der Waals surface area contributed by atoms with E-state index in [1.807, 2.05) is 48.5 Å². The zero-order valence-corrected chi connectivity index (χ0v) is 19.4. The maximum absolute atomic E-state index is 12.3. The minimum absolute atomic E-state index is 0.264. The lowest BCUT2D eigenvalue weighted by molar-refractivity contribution is 0.262. The number of amides is 2. The minimum atomic E-state index is -0.264. The van der Waals surface area contributed by atoms with Gasteiger partial charge in [0.2, 0.25) is 0 Å². The highest BCUT2D eigenvalue weighted by Gasteiger charge is 2.15. The molecule has 2 aromatic carbocycles. The first kappa shape index (κ1) is 22.7. The van der Waals surface area contributed by atoms with Crippen molar-refractivity contribution in [3.05, 3.63) is 66.2 Å². The van der Waals surface area contributed by atoms with Crippen LogP contribution in [0.3, 0.4) is 0 Å². The Balaban J connectivity index is 1.31. The van der Waals surface area contributed by atoms with E-state index in [1.165, 1.54) is 18.4 Å². The van der Waals surface area contributed by atoms with Gasteiger partial charge < -0.3 is 20.4 Å². The molecular formula is C26H32N6O. The SMILES string of the molecule is CCCCc1ccc(NC(=O)Nc2ccc(-c3ccc(N4CCN(C)CC4)nn3)cc2)cc1. The minimum Gasteiger partial charge on any atom is -0.353 e. The molecule has 1 aliphatic heterocycles. The van der Waals surface area contributed by atoms with Crippen LogP contribution >= 0.6 is 0 Å². The van der Waals surface area contributed by atoms with Crippen LogP contribution in [0.2, 0.25) is 0 Å². The molecule has 0 spiro atoms. The zero-order valence-electron chi connectivity index (χ0n) is 19.4. The van der Waals surface area contributed by atoms with Crippen LogP contribution in [0, 0.1) is 0 Å². The van der Waals surface area contributed by atoms with Crippen molar-refractivity contribution in [3.63, 3.8) is 0 Å². The Kier molecular flexibility index (Phi) is 7.52. The van der Waals surface area contributed by atoms with E-state index in [2.05, 4.69) is 56.7 Å². The molecule has 1 saturated heterocycles. The van der Waals surface area contributed by atoms with Crippen LogP contribution in [0.1, 0.15) is 25.3 Å². The van der Waals surface area contributed by atoms with Crippen LogP contribution in [-0.2, 0) is 6.42 Å². The third kappa shape index (κ3) is 6.29. The molecular weight excluding hydrogens is 412 g/mol. The molecule has 1 aromatic heterocycles. The Bertz CT molecular complexity index is 1030. The van der Waals surface area contributed by atoms with Crippen molar-refractivity contribution in [1.29, 1.82) is 0 Å². The van der Waals surface area contributed by atoms with Gasteiger partial charge in [0.25, 0.3) is 0 Å². The predicted octanol–water partition coefficient (Wildman–Crippen LogP) is 4.88. The average molecular weight is 445 g/mol. The van der Waals surface area contributed by atoms with Gasteiger partial charge in [-0.1, -0.05) is 37.6 Å². The molecule has 0 saturated carbocycles. The Morgan fingerprint density at radius 3 is 2.06 bits per heavy atom. The molecule has 0 aliphatic carbocycles. The van der Waals surface area contributed by atoms with Gasteiger partial charge >= 0.3 is 6.03 Å². The first-order chi connectivity index (χ1) is 16.1. The number of anilines is 3. The van der Waals surface area contributed by atoms with Gasteiger partial charge in [-0.05, 0) is 61.9 Å². The lowest BCUT2D eigenvalue weighted by Gasteiger charge is -2.32. The van der Waals surface area contributed by atoms with E-state index in [9.17, 15) is 4.79 Å². The maximum Gasteiger partial charge on any atom is 0.323 e. The molecule has 0 bridgehead atoms.